The van der Waals surface area contributed by atoms with Gasteiger partial charge in [-0.3, -0.25) is 0 Å². The Balaban J connectivity index is 2.64. The summed E-state index contributed by atoms with van der Waals surface area (Å²) in [7, 11) is 0. The second-order valence-electron chi connectivity index (χ2n) is 2.84. The van der Waals surface area contributed by atoms with E-state index < -0.39 is 0 Å². The molecule has 1 rings (SSSR count). The molecule has 0 heterocycles. The lowest BCUT2D eigenvalue weighted by atomic mass is 10.2. The van der Waals surface area contributed by atoms with Crippen LogP contribution in [0.25, 0.3) is 0 Å². The molecule has 0 spiro atoms. The van der Waals surface area contributed by atoms with Gasteiger partial charge in [-0.1, -0.05) is 28.1 Å². The summed E-state index contributed by atoms with van der Waals surface area (Å²) in [4.78, 5) is 0. The lowest BCUT2D eigenvalue weighted by Gasteiger charge is -2.07. The molecule has 0 amide bonds. The largest absolute Gasteiger partial charge is 0.493 e. The average molecular weight is 241 g/mol. The van der Waals surface area contributed by atoms with Gasteiger partial charge in [0.2, 0.25) is 0 Å². The lowest BCUT2D eigenvalue weighted by Crippen LogP contribution is -1.97. The standard InChI is InChI=1S/C11H13BrO/c1-3-4-7-13-11-8-10(12)6-5-9(11)2/h3,5-6,8H,1,4,7H2,2H3. The zero-order valence-corrected chi connectivity index (χ0v) is 9.30. The van der Waals surface area contributed by atoms with Gasteiger partial charge in [-0.05, 0) is 31.0 Å². The van der Waals surface area contributed by atoms with Gasteiger partial charge in [0.1, 0.15) is 5.75 Å². The van der Waals surface area contributed by atoms with E-state index in [1.54, 1.807) is 0 Å². The van der Waals surface area contributed by atoms with Crippen molar-refractivity contribution < 1.29 is 4.74 Å². The Hall–Kier alpha value is -0.760. The maximum absolute atomic E-state index is 5.56. The van der Waals surface area contributed by atoms with E-state index >= 15 is 0 Å². The summed E-state index contributed by atoms with van der Waals surface area (Å²) in [6.45, 7) is 6.38. The van der Waals surface area contributed by atoms with Crippen LogP contribution in [0.4, 0.5) is 0 Å². The molecule has 13 heavy (non-hydrogen) atoms. The first-order chi connectivity index (χ1) is 6.24. The Bertz CT molecular complexity index is 294. The summed E-state index contributed by atoms with van der Waals surface area (Å²) >= 11 is 3.41. The molecule has 0 saturated carbocycles. The normalized spacial score (nSPS) is 9.69. The molecule has 0 radical (unpaired) electrons. The highest BCUT2D eigenvalue weighted by Gasteiger charge is 1.98. The van der Waals surface area contributed by atoms with Crippen molar-refractivity contribution in [2.24, 2.45) is 0 Å². The molecule has 0 aliphatic heterocycles. The summed E-state index contributed by atoms with van der Waals surface area (Å²) < 4.78 is 6.60. The predicted molar refractivity (Wildman–Crippen MR) is 59.2 cm³/mol. The molecule has 0 bridgehead atoms. The quantitative estimate of drug-likeness (QED) is 0.576. The van der Waals surface area contributed by atoms with E-state index in [1.807, 2.05) is 31.2 Å². The highest BCUT2D eigenvalue weighted by molar-refractivity contribution is 9.10. The highest BCUT2D eigenvalue weighted by Crippen LogP contribution is 2.22. The monoisotopic (exact) mass is 240 g/mol. The summed E-state index contributed by atoms with van der Waals surface area (Å²) in [6.07, 6.45) is 2.74. The molecule has 2 heteroatoms. The highest BCUT2D eigenvalue weighted by atomic mass is 79.9. The fourth-order valence-electron chi connectivity index (χ4n) is 0.982. The van der Waals surface area contributed by atoms with Crippen LogP contribution in [-0.4, -0.2) is 6.61 Å². The van der Waals surface area contributed by atoms with Gasteiger partial charge < -0.3 is 4.74 Å². The molecule has 0 aliphatic carbocycles. The van der Waals surface area contributed by atoms with Crippen LogP contribution in [0.15, 0.2) is 35.3 Å². The first kappa shape index (κ1) is 10.3. The van der Waals surface area contributed by atoms with Crippen LogP contribution >= 0.6 is 15.9 Å². The van der Waals surface area contributed by atoms with Crippen LogP contribution in [0, 0.1) is 6.92 Å². The molecular formula is C11H13BrO. The Morgan fingerprint density at radius 2 is 2.31 bits per heavy atom. The lowest BCUT2D eigenvalue weighted by molar-refractivity contribution is 0.322. The van der Waals surface area contributed by atoms with Crippen molar-refractivity contribution in [3.05, 3.63) is 40.9 Å². The third-order valence-electron chi connectivity index (χ3n) is 1.73. The minimum Gasteiger partial charge on any atom is -0.493 e. The first-order valence-electron chi connectivity index (χ1n) is 4.24. The van der Waals surface area contributed by atoms with Gasteiger partial charge >= 0.3 is 0 Å². The maximum atomic E-state index is 5.56. The van der Waals surface area contributed by atoms with Crippen molar-refractivity contribution in [2.45, 2.75) is 13.3 Å². The first-order valence-corrected chi connectivity index (χ1v) is 5.03. The fraction of sp³-hybridized carbons (Fsp3) is 0.273. The van der Waals surface area contributed by atoms with E-state index in [0.29, 0.717) is 6.61 Å². The molecule has 0 atom stereocenters. The Labute approximate surface area is 87.5 Å². The van der Waals surface area contributed by atoms with Crippen molar-refractivity contribution in [2.75, 3.05) is 6.61 Å². The van der Waals surface area contributed by atoms with Crippen LogP contribution in [0.2, 0.25) is 0 Å². The zero-order chi connectivity index (χ0) is 9.68. The second-order valence-corrected chi connectivity index (χ2v) is 3.75. The van der Waals surface area contributed by atoms with Gasteiger partial charge in [0.15, 0.2) is 0 Å². The number of halogens is 1. The number of hydrogen-bond donors (Lipinski definition) is 0. The van der Waals surface area contributed by atoms with Crippen molar-refractivity contribution in [3.63, 3.8) is 0 Å². The number of hydrogen-bond acceptors (Lipinski definition) is 1. The van der Waals surface area contributed by atoms with Crippen LogP contribution in [-0.2, 0) is 0 Å². The van der Waals surface area contributed by atoms with E-state index in [0.717, 1.165) is 22.2 Å². The van der Waals surface area contributed by atoms with Gasteiger partial charge in [0.05, 0.1) is 6.61 Å². The summed E-state index contributed by atoms with van der Waals surface area (Å²) in [5, 5.41) is 0. The zero-order valence-electron chi connectivity index (χ0n) is 7.72. The summed E-state index contributed by atoms with van der Waals surface area (Å²) in [6, 6.07) is 6.03. The third kappa shape index (κ3) is 3.23. The van der Waals surface area contributed by atoms with Gasteiger partial charge in [0, 0.05) is 4.47 Å². The van der Waals surface area contributed by atoms with E-state index in [-0.39, 0.29) is 0 Å². The number of rotatable bonds is 4. The summed E-state index contributed by atoms with van der Waals surface area (Å²) in [5.41, 5.74) is 1.16. The molecule has 70 valence electrons. The van der Waals surface area contributed by atoms with Crippen molar-refractivity contribution in [1.29, 1.82) is 0 Å². The van der Waals surface area contributed by atoms with Crippen molar-refractivity contribution in [1.82, 2.24) is 0 Å². The van der Waals surface area contributed by atoms with Gasteiger partial charge in [0.25, 0.3) is 0 Å². The smallest absolute Gasteiger partial charge is 0.123 e. The second kappa shape index (κ2) is 5.07. The van der Waals surface area contributed by atoms with Crippen molar-refractivity contribution >= 4 is 15.9 Å². The number of ether oxygens (including phenoxy) is 1. The van der Waals surface area contributed by atoms with E-state index in [1.165, 1.54) is 0 Å². The van der Waals surface area contributed by atoms with E-state index in [9.17, 15) is 0 Å². The molecule has 0 N–H and O–H groups in total. The minimum absolute atomic E-state index is 0.695. The Morgan fingerprint density at radius 1 is 1.54 bits per heavy atom. The molecule has 0 unspecified atom stereocenters. The summed E-state index contributed by atoms with van der Waals surface area (Å²) in [5.74, 6) is 0.941. The fourth-order valence-corrected chi connectivity index (χ4v) is 1.32. The molecule has 0 saturated heterocycles. The third-order valence-corrected chi connectivity index (χ3v) is 2.22. The molecular weight excluding hydrogens is 228 g/mol. The van der Waals surface area contributed by atoms with Crippen LogP contribution in [0.3, 0.4) is 0 Å². The molecule has 1 aromatic rings. The molecule has 0 fully saturated rings. The van der Waals surface area contributed by atoms with Crippen LogP contribution < -0.4 is 4.74 Å². The SMILES string of the molecule is C=CCCOc1cc(Br)ccc1C. The minimum atomic E-state index is 0.695. The van der Waals surface area contributed by atoms with Crippen molar-refractivity contribution in [3.8, 4) is 5.75 Å². The number of benzene rings is 1. The number of aryl methyl sites for hydroxylation is 1. The predicted octanol–water partition coefficient (Wildman–Crippen LogP) is 3.71. The molecule has 1 aromatic carbocycles. The topological polar surface area (TPSA) is 9.23 Å². The Kier molecular flexibility index (Phi) is 4.03. The van der Waals surface area contributed by atoms with Crippen LogP contribution in [0.5, 0.6) is 5.75 Å². The van der Waals surface area contributed by atoms with Crippen LogP contribution in [0.1, 0.15) is 12.0 Å². The van der Waals surface area contributed by atoms with E-state index in [4.69, 9.17) is 4.74 Å². The van der Waals surface area contributed by atoms with Gasteiger partial charge in [-0.2, -0.15) is 0 Å². The Morgan fingerprint density at radius 3 is 3.00 bits per heavy atom. The van der Waals surface area contributed by atoms with E-state index in [2.05, 4.69) is 22.5 Å². The maximum Gasteiger partial charge on any atom is 0.123 e. The molecule has 1 nitrogen and oxygen atoms in total. The van der Waals surface area contributed by atoms with Gasteiger partial charge in [-0.25, -0.2) is 0 Å². The molecule has 0 aliphatic rings. The average Bonchev–Trinajstić information content (AvgIpc) is 2.11. The molecule has 0 aromatic heterocycles. The van der Waals surface area contributed by atoms with Gasteiger partial charge in [-0.15, -0.1) is 6.58 Å².